The zero-order chi connectivity index (χ0) is 18.8. The van der Waals surface area contributed by atoms with Gasteiger partial charge in [-0.25, -0.2) is 9.07 Å². The van der Waals surface area contributed by atoms with Gasteiger partial charge in [-0.3, -0.25) is 9.59 Å². The normalized spacial score (nSPS) is 20.1. The van der Waals surface area contributed by atoms with Gasteiger partial charge in [0.2, 0.25) is 5.91 Å². The van der Waals surface area contributed by atoms with Crippen LogP contribution in [0, 0.1) is 5.82 Å². The summed E-state index contributed by atoms with van der Waals surface area (Å²) in [5.41, 5.74) is 0.831. The fourth-order valence-corrected chi connectivity index (χ4v) is 3.93. The van der Waals surface area contributed by atoms with E-state index in [0.29, 0.717) is 18.7 Å². The highest BCUT2D eigenvalue weighted by Crippen LogP contribution is 2.23. The lowest BCUT2D eigenvalue weighted by Crippen LogP contribution is -2.52. The smallest absolute Gasteiger partial charge is 0.275 e. The molecule has 1 aromatic heterocycles. The number of carbonyl (C=O) groups excluding carboxylic acids is 2. The molecule has 7 heteroatoms. The molecule has 0 aliphatic carbocycles. The van der Waals surface area contributed by atoms with E-state index in [9.17, 15) is 14.0 Å². The number of rotatable bonds is 3. The van der Waals surface area contributed by atoms with E-state index in [4.69, 9.17) is 0 Å². The van der Waals surface area contributed by atoms with E-state index in [2.05, 4.69) is 5.10 Å². The van der Waals surface area contributed by atoms with Gasteiger partial charge >= 0.3 is 0 Å². The molecule has 1 unspecified atom stereocenters. The molecular formula is C20H23FN4O2. The highest BCUT2D eigenvalue weighted by molar-refractivity contribution is 5.96. The zero-order valence-corrected chi connectivity index (χ0v) is 15.2. The van der Waals surface area contributed by atoms with Crippen molar-refractivity contribution in [1.82, 2.24) is 19.6 Å². The minimum absolute atomic E-state index is 0.0603. The summed E-state index contributed by atoms with van der Waals surface area (Å²) in [7, 11) is 0. The second kappa shape index (κ2) is 7.50. The van der Waals surface area contributed by atoms with Crippen molar-refractivity contribution in [3.05, 3.63) is 48.0 Å². The molecule has 3 heterocycles. The SMILES string of the molecule is O=C(C1CCCCN1C(=O)c1ccn(-c2cccc(F)c2)n1)N1CCCC1. The van der Waals surface area contributed by atoms with Gasteiger partial charge in [0.15, 0.2) is 5.69 Å². The number of amides is 2. The molecule has 2 saturated heterocycles. The van der Waals surface area contributed by atoms with Crippen molar-refractivity contribution in [3.8, 4) is 5.69 Å². The Morgan fingerprint density at radius 3 is 2.59 bits per heavy atom. The van der Waals surface area contributed by atoms with Gasteiger partial charge in [-0.1, -0.05) is 6.07 Å². The number of nitrogens with zero attached hydrogens (tertiary/aromatic N) is 4. The first kappa shape index (κ1) is 17.7. The summed E-state index contributed by atoms with van der Waals surface area (Å²) in [5, 5.41) is 4.32. The molecule has 1 aromatic carbocycles. The molecule has 0 N–H and O–H groups in total. The molecule has 27 heavy (non-hydrogen) atoms. The fraction of sp³-hybridized carbons (Fsp3) is 0.450. The molecule has 0 saturated carbocycles. The molecule has 0 radical (unpaired) electrons. The first-order chi connectivity index (χ1) is 13.1. The van der Waals surface area contributed by atoms with Crippen LogP contribution < -0.4 is 0 Å². The average Bonchev–Trinajstić information content (AvgIpc) is 3.39. The Hall–Kier alpha value is -2.70. The van der Waals surface area contributed by atoms with Crippen molar-refractivity contribution in [2.24, 2.45) is 0 Å². The number of halogens is 1. The Balaban J connectivity index is 1.54. The van der Waals surface area contributed by atoms with Gasteiger partial charge in [0.25, 0.3) is 5.91 Å². The van der Waals surface area contributed by atoms with E-state index in [-0.39, 0.29) is 23.3 Å². The highest BCUT2D eigenvalue weighted by atomic mass is 19.1. The number of hydrogen-bond donors (Lipinski definition) is 0. The lowest BCUT2D eigenvalue weighted by Gasteiger charge is -2.36. The van der Waals surface area contributed by atoms with Crippen molar-refractivity contribution in [2.45, 2.75) is 38.1 Å². The summed E-state index contributed by atoms with van der Waals surface area (Å²) >= 11 is 0. The first-order valence-electron chi connectivity index (χ1n) is 9.55. The van der Waals surface area contributed by atoms with Crippen molar-refractivity contribution < 1.29 is 14.0 Å². The molecule has 4 rings (SSSR count). The van der Waals surface area contributed by atoms with Crippen molar-refractivity contribution in [3.63, 3.8) is 0 Å². The minimum atomic E-state index is -0.399. The second-order valence-corrected chi connectivity index (χ2v) is 7.17. The van der Waals surface area contributed by atoms with Crippen molar-refractivity contribution in [1.29, 1.82) is 0 Å². The predicted octanol–water partition coefficient (Wildman–Crippen LogP) is 2.63. The summed E-state index contributed by atoms with van der Waals surface area (Å²) < 4.78 is 14.9. The number of aromatic nitrogens is 2. The summed E-state index contributed by atoms with van der Waals surface area (Å²) in [6.07, 6.45) is 6.25. The van der Waals surface area contributed by atoms with Gasteiger partial charge in [-0.2, -0.15) is 5.10 Å². The minimum Gasteiger partial charge on any atom is -0.341 e. The molecule has 6 nitrogen and oxygen atoms in total. The van der Waals surface area contributed by atoms with E-state index in [1.54, 1.807) is 29.3 Å². The largest absolute Gasteiger partial charge is 0.341 e. The second-order valence-electron chi connectivity index (χ2n) is 7.17. The van der Waals surface area contributed by atoms with Crippen molar-refractivity contribution >= 4 is 11.8 Å². The van der Waals surface area contributed by atoms with Crippen LogP contribution >= 0.6 is 0 Å². The Morgan fingerprint density at radius 1 is 1.04 bits per heavy atom. The van der Waals surface area contributed by atoms with Gasteiger partial charge in [0.05, 0.1) is 5.69 Å². The van der Waals surface area contributed by atoms with Crippen LogP contribution in [0.4, 0.5) is 4.39 Å². The number of carbonyl (C=O) groups is 2. The van der Waals surface area contributed by atoms with Gasteiger partial charge in [-0.05, 0) is 56.4 Å². The average molecular weight is 370 g/mol. The third-order valence-electron chi connectivity index (χ3n) is 5.35. The fourth-order valence-electron chi connectivity index (χ4n) is 3.93. The summed E-state index contributed by atoms with van der Waals surface area (Å²) in [5.74, 6) is -0.532. The molecule has 2 aliphatic heterocycles. The van der Waals surface area contributed by atoms with Gasteiger partial charge in [-0.15, -0.1) is 0 Å². The van der Waals surface area contributed by atoms with Gasteiger partial charge < -0.3 is 9.80 Å². The standard InChI is InChI=1S/C20H23FN4O2/c21-15-6-5-7-16(14-15)25-13-9-17(22-25)19(26)24-12-2-1-8-18(24)20(27)23-10-3-4-11-23/h5-7,9,13-14,18H,1-4,8,10-12H2. The maximum absolute atomic E-state index is 13.4. The number of likely N-dealkylation sites (tertiary alicyclic amines) is 2. The summed E-state index contributed by atoms with van der Waals surface area (Å²) in [6, 6.07) is 7.28. The molecule has 142 valence electrons. The Kier molecular flexibility index (Phi) is 4.92. The third kappa shape index (κ3) is 3.59. The van der Waals surface area contributed by atoms with Crippen LogP contribution in [0.5, 0.6) is 0 Å². The van der Waals surface area contributed by atoms with Crippen LogP contribution in [0.2, 0.25) is 0 Å². The van der Waals surface area contributed by atoms with Crippen LogP contribution in [-0.4, -0.2) is 57.1 Å². The molecule has 2 amide bonds. The Labute approximate surface area is 157 Å². The molecule has 2 fully saturated rings. The Bertz CT molecular complexity index is 844. The Morgan fingerprint density at radius 2 is 1.81 bits per heavy atom. The monoisotopic (exact) mass is 370 g/mol. The van der Waals surface area contributed by atoms with E-state index < -0.39 is 6.04 Å². The summed E-state index contributed by atoms with van der Waals surface area (Å²) in [6.45, 7) is 2.13. The van der Waals surface area contributed by atoms with Crippen molar-refractivity contribution in [2.75, 3.05) is 19.6 Å². The van der Waals surface area contributed by atoms with E-state index >= 15 is 0 Å². The van der Waals surface area contributed by atoms with Crippen LogP contribution in [0.3, 0.4) is 0 Å². The van der Waals surface area contributed by atoms with E-state index in [1.165, 1.54) is 16.8 Å². The number of piperidine rings is 1. The maximum atomic E-state index is 13.4. The molecule has 2 aromatic rings. The first-order valence-corrected chi connectivity index (χ1v) is 9.55. The number of benzene rings is 1. The summed E-state index contributed by atoms with van der Waals surface area (Å²) in [4.78, 5) is 29.5. The van der Waals surface area contributed by atoms with Crippen LogP contribution in [-0.2, 0) is 4.79 Å². The molecule has 1 atom stereocenters. The van der Waals surface area contributed by atoms with Crippen LogP contribution in [0.25, 0.3) is 5.69 Å². The lowest BCUT2D eigenvalue weighted by molar-refractivity contribution is -0.136. The quantitative estimate of drug-likeness (QED) is 0.835. The number of hydrogen-bond acceptors (Lipinski definition) is 3. The highest BCUT2D eigenvalue weighted by Gasteiger charge is 2.36. The topological polar surface area (TPSA) is 58.4 Å². The molecule has 0 spiro atoms. The molecular weight excluding hydrogens is 347 g/mol. The third-order valence-corrected chi connectivity index (χ3v) is 5.35. The zero-order valence-electron chi connectivity index (χ0n) is 15.2. The predicted molar refractivity (Wildman–Crippen MR) is 98.0 cm³/mol. The van der Waals surface area contributed by atoms with Gasteiger partial charge in [0.1, 0.15) is 11.9 Å². The van der Waals surface area contributed by atoms with E-state index in [0.717, 1.165) is 38.8 Å². The lowest BCUT2D eigenvalue weighted by atomic mass is 10.0. The van der Waals surface area contributed by atoms with Gasteiger partial charge in [0, 0.05) is 25.8 Å². The maximum Gasteiger partial charge on any atom is 0.275 e. The van der Waals surface area contributed by atoms with E-state index in [1.807, 2.05) is 4.90 Å². The van der Waals surface area contributed by atoms with Crippen LogP contribution in [0.15, 0.2) is 36.5 Å². The molecule has 2 aliphatic rings. The van der Waals surface area contributed by atoms with Crippen LogP contribution in [0.1, 0.15) is 42.6 Å². The molecule has 0 bridgehead atoms.